The van der Waals surface area contributed by atoms with Gasteiger partial charge in [0.1, 0.15) is 0 Å². The van der Waals surface area contributed by atoms with E-state index in [2.05, 4.69) is 81.1 Å². The maximum atomic E-state index is 4.04. The predicted molar refractivity (Wildman–Crippen MR) is 96.0 cm³/mol. The third-order valence-corrected chi connectivity index (χ3v) is 4.05. The quantitative estimate of drug-likeness (QED) is 0.611. The molecule has 104 valence electrons. The van der Waals surface area contributed by atoms with Crippen molar-refractivity contribution in [1.29, 1.82) is 0 Å². The van der Waals surface area contributed by atoms with Crippen LogP contribution < -0.4 is 0 Å². The van der Waals surface area contributed by atoms with E-state index in [1.807, 2.05) is 6.08 Å². The Balaban J connectivity index is 2.52. The molecule has 1 atom stereocenters. The molecule has 3 rings (SSSR count). The molecular formula is C21H20. The van der Waals surface area contributed by atoms with Crippen LogP contribution in [0.3, 0.4) is 0 Å². The Morgan fingerprint density at radius 2 is 1.62 bits per heavy atom. The SMILES string of the molecule is C=Cc1c(C=CC)c2c(c3ccccc13)C=CC(C)C=C2. The van der Waals surface area contributed by atoms with Crippen LogP contribution in [-0.2, 0) is 0 Å². The molecule has 0 amide bonds. The summed E-state index contributed by atoms with van der Waals surface area (Å²) in [5, 5.41) is 2.57. The van der Waals surface area contributed by atoms with Crippen molar-refractivity contribution in [1.82, 2.24) is 0 Å². The average molecular weight is 272 g/mol. The number of fused-ring (bicyclic) bond motifs is 3. The van der Waals surface area contributed by atoms with Crippen LogP contribution in [0.25, 0.3) is 35.1 Å². The van der Waals surface area contributed by atoms with Crippen molar-refractivity contribution in [2.75, 3.05) is 0 Å². The molecule has 21 heavy (non-hydrogen) atoms. The Bertz CT molecular complexity index is 785. The van der Waals surface area contributed by atoms with Crippen LogP contribution >= 0.6 is 0 Å². The second-order valence-corrected chi connectivity index (χ2v) is 5.48. The van der Waals surface area contributed by atoms with Crippen molar-refractivity contribution in [2.45, 2.75) is 13.8 Å². The fraction of sp³-hybridized carbons (Fsp3) is 0.143. The minimum absolute atomic E-state index is 0.460. The standard InChI is InChI=1S/C21H20/c1-4-8-17-16(5-2)18-9-6-7-10-19(18)21-14-12-15(3)11-13-20(17)21/h4-15H,2H2,1,3H3. The van der Waals surface area contributed by atoms with Gasteiger partial charge in [0, 0.05) is 0 Å². The van der Waals surface area contributed by atoms with Gasteiger partial charge in [0.05, 0.1) is 0 Å². The number of hydrogen-bond acceptors (Lipinski definition) is 0. The lowest BCUT2D eigenvalue weighted by Crippen LogP contribution is -1.94. The fourth-order valence-electron chi connectivity index (χ4n) is 3.02. The van der Waals surface area contributed by atoms with E-state index in [1.165, 1.54) is 33.0 Å². The Morgan fingerprint density at radius 1 is 0.952 bits per heavy atom. The molecule has 1 aliphatic rings. The topological polar surface area (TPSA) is 0 Å². The molecule has 0 radical (unpaired) electrons. The van der Waals surface area contributed by atoms with Gasteiger partial charge in [-0.15, -0.1) is 0 Å². The molecule has 0 saturated carbocycles. The highest BCUT2D eigenvalue weighted by atomic mass is 14.2. The van der Waals surface area contributed by atoms with E-state index in [9.17, 15) is 0 Å². The van der Waals surface area contributed by atoms with Gasteiger partial charge in [-0.2, -0.15) is 0 Å². The highest BCUT2D eigenvalue weighted by Gasteiger charge is 2.14. The first-order valence-corrected chi connectivity index (χ1v) is 7.46. The molecule has 0 heteroatoms. The Labute approximate surface area is 126 Å². The van der Waals surface area contributed by atoms with Crippen LogP contribution in [0.4, 0.5) is 0 Å². The summed E-state index contributed by atoms with van der Waals surface area (Å²) in [6.45, 7) is 8.31. The first-order valence-electron chi connectivity index (χ1n) is 7.46. The summed E-state index contributed by atoms with van der Waals surface area (Å²) >= 11 is 0. The van der Waals surface area contributed by atoms with Gasteiger partial charge in [0.25, 0.3) is 0 Å². The van der Waals surface area contributed by atoms with Gasteiger partial charge >= 0.3 is 0 Å². The largest absolute Gasteiger partial charge is 0.0984 e. The fourth-order valence-corrected chi connectivity index (χ4v) is 3.02. The summed E-state index contributed by atoms with van der Waals surface area (Å²) in [4.78, 5) is 0. The number of hydrogen-bond donors (Lipinski definition) is 0. The summed E-state index contributed by atoms with van der Waals surface area (Å²) in [6.07, 6.45) is 15.3. The molecule has 0 fully saturated rings. The molecule has 1 aliphatic carbocycles. The van der Waals surface area contributed by atoms with Crippen LogP contribution in [0.2, 0.25) is 0 Å². The average Bonchev–Trinajstić information content (AvgIpc) is 2.70. The lowest BCUT2D eigenvalue weighted by atomic mass is 9.88. The molecule has 0 heterocycles. The predicted octanol–water partition coefficient (Wildman–Crippen LogP) is 6.19. The zero-order valence-corrected chi connectivity index (χ0v) is 12.6. The molecule has 0 aliphatic heterocycles. The van der Waals surface area contributed by atoms with Crippen molar-refractivity contribution in [3.8, 4) is 0 Å². The molecule has 0 N–H and O–H groups in total. The van der Waals surface area contributed by atoms with E-state index in [-0.39, 0.29) is 0 Å². The molecule has 2 aromatic carbocycles. The van der Waals surface area contributed by atoms with Crippen LogP contribution in [0, 0.1) is 5.92 Å². The normalized spacial score (nSPS) is 17.1. The first-order chi connectivity index (χ1) is 10.3. The van der Waals surface area contributed by atoms with Gasteiger partial charge in [0.2, 0.25) is 0 Å². The lowest BCUT2D eigenvalue weighted by Gasteiger charge is -2.15. The van der Waals surface area contributed by atoms with E-state index in [1.54, 1.807) is 0 Å². The van der Waals surface area contributed by atoms with E-state index in [4.69, 9.17) is 0 Å². The van der Waals surface area contributed by atoms with Crippen LogP contribution in [0.1, 0.15) is 36.1 Å². The van der Waals surface area contributed by atoms with Gasteiger partial charge in [-0.3, -0.25) is 0 Å². The molecule has 0 saturated heterocycles. The zero-order valence-electron chi connectivity index (χ0n) is 12.6. The van der Waals surface area contributed by atoms with E-state index in [0.717, 1.165) is 0 Å². The maximum Gasteiger partial charge on any atom is -0.00752 e. The molecule has 0 spiro atoms. The molecule has 0 aromatic heterocycles. The van der Waals surface area contributed by atoms with E-state index in [0.29, 0.717) is 5.92 Å². The molecule has 2 aromatic rings. The van der Waals surface area contributed by atoms with Gasteiger partial charge < -0.3 is 0 Å². The van der Waals surface area contributed by atoms with Crippen molar-refractivity contribution >= 4 is 35.1 Å². The van der Waals surface area contributed by atoms with E-state index >= 15 is 0 Å². The third-order valence-electron chi connectivity index (χ3n) is 4.05. The smallest absolute Gasteiger partial charge is 0.00752 e. The highest BCUT2D eigenvalue weighted by Crippen LogP contribution is 2.35. The van der Waals surface area contributed by atoms with Crippen molar-refractivity contribution in [3.05, 3.63) is 71.3 Å². The van der Waals surface area contributed by atoms with Gasteiger partial charge in [0.15, 0.2) is 0 Å². The second kappa shape index (κ2) is 5.57. The number of rotatable bonds is 2. The third kappa shape index (κ3) is 2.27. The lowest BCUT2D eigenvalue weighted by molar-refractivity contribution is 0.954. The number of benzene rings is 2. The zero-order chi connectivity index (χ0) is 14.8. The van der Waals surface area contributed by atoms with Crippen LogP contribution in [0.15, 0.2) is 49.1 Å². The summed E-state index contributed by atoms with van der Waals surface area (Å²) in [6, 6.07) is 8.59. The number of allylic oxidation sites excluding steroid dienone is 3. The first kappa shape index (κ1) is 13.6. The highest BCUT2D eigenvalue weighted by molar-refractivity contribution is 6.03. The monoisotopic (exact) mass is 272 g/mol. The Hall–Kier alpha value is -2.34. The Morgan fingerprint density at radius 3 is 2.29 bits per heavy atom. The Kier molecular flexibility index (Phi) is 3.62. The minimum Gasteiger partial charge on any atom is -0.0984 e. The van der Waals surface area contributed by atoms with E-state index < -0.39 is 0 Å². The summed E-state index contributed by atoms with van der Waals surface area (Å²) < 4.78 is 0. The summed E-state index contributed by atoms with van der Waals surface area (Å²) in [7, 11) is 0. The van der Waals surface area contributed by atoms with Gasteiger partial charge in [-0.1, -0.05) is 80.3 Å². The molecular weight excluding hydrogens is 252 g/mol. The van der Waals surface area contributed by atoms with Crippen LogP contribution in [-0.4, -0.2) is 0 Å². The van der Waals surface area contributed by atoms with Crippen molar-refractivity contribution in [3.63, 3.8) is 0 Å². The maximum absolute atomic E-state index is 4.04. The van der Waals surface area contributed by atoms with Gasteiger partial charge in [-0.05, 0) is 45.9 Å². The summed E-state index contributed by atoms with van der Waals surface area (Å²) in [5.41, 5.74) is 5.08. The second-order valence-electron chi connectivity index (χ2n) is 5.48. The molecule has 0 bridgehead atoms. The van der Waals surface area contributed by atoms with Crippen LogP contribution in [0.5, 0.6) is 0 Å². The van der Waals surface area contributed by atoms with Gasteiger partial charge in [-0.25, -0.2) is 0 Å². The molecule has 0 nitrogen and oxygen atoms in total. The van der Waals surface area contributed by atoms with Crippen molar-refractivity contribution in [2.24, 2.45) is 5.92 Å². The minimum atomic E-state index is 0.460. The van der Waals surface area contributed by atoms with Crippen molar-refractivity contribution < 1.29 is 0 Å². The summed E-state index contributed by atoms with van der Waals surface area (Å²) in [5.74, 6) is 0.460. The molecule has 1 unspecified atom stereocenters.